The Morgan fingerprint density at radius 3 is 2.96 bits per heavy atom. The molecule has 8 nitrogen and oxygen atoms in total. The van der Waals surface area contributed by atoms with E-state index in [1.165, 1.54) is 0 Å². The average Bonchev–Trinajstić information content (AvgIpc) is 3.17. The van der Waals surface area contributed by atoms with Crippen molar-refractivity contribution in [3.8, 4) is 0 Å². The Bertz CT molecular complexity index is 824. The van der Waals surface area contributed by atoms with Crippen LogP contribution in [0, 0.1) is 6.92 Å². The van der Waals surface area contributed by atoms with E-state index in [0.717, 1.165) is 17.1 Å². The summed E-state index contributed by atoms with van der Waals surface area (Å²) in [6, 6.07) is 7.40. The Morgan fingerprint density at radius 2 is 2.24 bits per heavy atom. The molecule has 3 N–H and O–H groups in total. The zero-order valence-electron chi connectivity index (χ0n) is 14.2. The third-order valence-corrected chi connectivity index (χ3v) is 3.59. The molecular weight excluding hydrogens is 318 g/mol. The molecule has 2 amide bonds. The largest absolute Gasteiger partial charge is 0.335 e. The van der Waals surface area contributed by atoms with Crippen LogP contribution < -0.4 is 10.6 Å². The van der Waals surface area contributed by atoms with Crippen molar-refractivity contribution in [3.05, 3.63) is 59.9 Å². The molecule has 0 aliphatic heterocycles. The van der Waals surface area contributed by atoms with Crippen LogP contribution in [-0.2, 0) is 13.0 Å². The highest BCUT2D eigenvalue weighted by molar-refractivity contribution is 5.89. The van der Waals surface area contributed by atoms with Crippen LogP contribution in [0.15, 0.2) is 42.9 Å². The number of amides is 2. The Hall–Kier alpha value is -3.16. The van der Waals surface area contributed by atoms with Gasteiger partial charge in [0.15, 0.2) is 0 Å². The summed E-state index contributed by atoms with van der Waals surface area (Å²) in [6.45, 7) is 4.44. The molecule has 1 atom stereocenters. The molecule has 0 aliphatic carbocycles. The first-order valence-electron chi connectivity index (χ1n) is 8.09. The fourth-order valence-corrected chi connectivity index (χ4v) is 2.51. The number of carbonyl (C=O) groups is 1. The lowest BCUT2D eigenvalue weighted by molar-refractivity contribution is 0.249. The molecular formula is C17H21N7O. The number of H-pyrrole nitrogens is 1. The van der Waals surface area contributed by atoms with E-state index in [-0.39, 0.29) is 12.1 Å². The van der Waals surface area contributed by atoms with Crippen molar-refractivity contribution in [3.63, 3.8) is 0 Å². The lowest BCUT2D eigenvalue weighted by Crippen LogP contribution is -2.37. The van der Waals surface area contributed by atoms with E-state index < -0.39 is 0 Å². The number of nitrogens with one attached hydrogen (secondary N) is 3. The van der Waals surface area contributed by atoms with Crippen LogP contribution >= 0.6 is 0 Å². The number of carbonyl (C=O) groups excluding carboxylic acids is 1. The summed E-state index contributed by atoms with van der Waals surface area (Å²) in [4.78, 5) is 16.3. The number of anilines is 1. The number of rotatable bonds is 6. The summed E-state index contributed by atoms with van der Waals surface area (Å²) >= 11 is 0. The number of pyridine rings is 1. The molecule has 0 radical (unpaired) electrons. The summed E-state index contributed by atoms with van der Waals surface area (Å²) < 4.78 is 1.73. The van der Waals surface area contributed by atoms with Gasteiger partial charge in [-0.3, -0.25) is 14.8 Å². The maximum absolute atomic E-state index is 12.1. The molecule has 3 aromatic rings. The first-order chi connectivity index (χ1) is 12.1. The van der Waals surface area contributed by atoms with Crippen LogP contribution in [0.2, 0.25) is 0 Å². The summed E-state index contributed by atoms with van der Waals surface area (Å²) in [6.07, 6.45) is 5.80. The van der Waals surface area contributed by atoms with Gasteiger partial charge in [0.05, 0.1) is 29.8 Å². The summed E-state index contributed by atoms with van der Waals surface area (Å²) in [5, 5.41) is 17.0. The van der Waals surface area contributed by atoms with Gasteiger partial charge in [-0.25, -0.2) is 4.79 Å². The van der Waals surface area contributed by atoms with E-state index in [0.29, 0.717) is 18.7 Å². The summed E-state index contributed by atoms with van der Waals surface area (Å²) in [7, 11) is 0. The Balaban J connectivity index is 1.49. The van der Waals surface area contributed by atoms with Crippen molar-refractivity contribution >= 4 is 11.7 Å². The molecule has 0 fully saturated rings. The highest BCUT2D eigenvalue weighted by Crippen LogP contribution is 2.07. The van der Waals surface area contributed by atoms with Crippen LogP contribution in [0.3, 0.4) is 0 Å². The molecule has 8 heteroatoms. The first-order valence-corrected chi connectivity index (χ1v) is 8.09. The zero-order chi connectivity index (χ0) is 17.6. The highest BCUT2D eigenvalue weighted by Gasteiger charge is 2.11. The van der Waals surface area contributed by atoms with Crippen LogP contribution in [0.25, 0.3) is 0 Å². The molecule has 130 valence electrons. The lowest BCUT2D eigenvalue weighted by atomic mass is 10.2. The highest BCUT2D eigenvalue weighted by atomic mass is 16.2. The van der Waals surface area contributed by atoms with Gasteiger partial charge in [-0.2, -0.15) is 10.2 Å². The maximum Gasteiger partial charge on any atom is 0.319 e. The van der Waals surface area contributed by atoms with Crippen molar-refractivity contribution in [2.75, 3.05) is 5.32 Å². The van der Waals surface area contributed by atoms with Gasteiger partial charge in [-0.05, 0) is 32.0 Å². The summed E-state index contributed by atoms with van der Waals surface area (Å²) in [5.74, 6) is 0. The van der Waals surface area contributed by atoms with Gasteiger partial charge in [0.1, 0.15) is 0 Å². The molecule has 25 heavy (non-hydrogen) atoms. The molecule has 0 unspecified atom stereocenters. The third-order valence-electron chi connectivity index (χ3n) is 3.59. The van der Waals surface area contributed by atoms with Crippen molar-refractivity contribution in [1.29, 1.82) is 0 Å². The minimum Gasteiger partial charge on any atom is -0.335 e. The second-order valence-electron chi connectivity index (χ2n) is 5.99. The van der Waals surface area contributed by atoms with E-state index in [2.05, 4.69) is 30.9 Å². The number of hydrogen-bond donors (Lipinski definition) is 3. The number of nitrogens with zero attached hydrogens (tertiary/aromatic N) is 4. The van der Waals surface area contributed by atoms with Crippen LogP contribution in [0.5, 0.6) is 0 Å². The normalized spacial score (nSPS) is 11.9. The van der Waals surface area contributed by atoms with Gasteiger partial charge in [-0.1, -0.05) is 6.07 Å². The predicted molar refractivity (Wildman–Crippen MR) is 94.2 cm³/mol. The Kier molecular flexibility index (Phi) is 5.08. The van der Waals surface area contributed by atoms with E-state index in [4.69, 9.17) is 0 Å². The predicted octanol–water partition coefficient (Wildman–Crippen LogP) is 2.11. The van der Waals surface area contributed by atoms with Gasteiger partial charge < -0.3 is 10.6 Å². The second kappa shape index (κ2) is 7.61. The van der Waals surface area contributed by atoms with E-state index in [1.807, 2.05) is 38.1 Å². The van der Waals surface area contributed by atoms with Gasteiger partial charge >= 0.3 is 6.03 Å². The third kappa shape index (κ3) is 4.90. The van der Waals surface area contributed by atoms with Gasteiger partial charge in [-0.15, -0.1) is 0 Å². The quantitative estimate of drug-likeness (QED) is 0.640. The standard InChI is InChI=1S/C17H21N7O/c1-12(7-15-8-13(2)22-23-15)20-17(25)21-16-9-19-24(11-16)10-14-5-3-4-6-18-14/h3-6,8-9,11-12H,7,10H2,1-2H3,(H,22,23)(H2,20,21,25)/t12-/m0/s1. The second-order valence-corrected chi connectivity index (χ2v) is 5.99. The fourth-order valence-electron chi connectivity index (χ4n) is 2.51. The van der Waals surface area contributed by atoms with Crippen molar-refractivity contribution in [2.24, 2.45) is 0 Å². The fraction of sp³-hybridized carbons (Fsp3) is 0.294. The molecule has 3 aromatic heterocycles. The van der Waals surface area contributed by atoms with Crippen LogP contribution in [-0.4, -0.2) is 37.0 Å². The molecule has 0 aromatic carbocycles. The van der Waals surface area contributed by atoms with Crippen molar-refractivity contribution in [2.45, 2.75) is 32.9 Å². The number of hydrogen-bond acceptors (Lipinski definition) is 4. The van der Waals surface area contributed by atoms with E-state index in [9.17, 15) is 4.79 Å². The molecule has 3 rings (SSSR count). The average molecular weight is 339 g/mol. The lowest BCUT2D eigenvalue weighted by Gasteiger charge is -2.12. The molecule has 3 heterocycles. The Morgan fingerprint density at radius 1 is 1.36 bits per heavy atom. The zero-order valence-corrected chi connectivity index (χ0v) is 14.2. The minimum atomic E-state index is -0.267. The number of urea groups is 1. The van der Waals surface area contributed by atoms with Crippen molar-refractivity contribution < 1.29 is 4.79 Å². The number of aryl methyl sites for hydroxylation is 1. The maximum atomic E-state index is 12.1. The monoisotopic (exact) mass is 339 g/mol. The number of aromatic amines is 1. The number of aromatic nitrogens is 5. The molecule has 0 aliphatic rings. The van der Waals surface area contributed by atoms with Gasteiger partial charge in [0.25, 0.3) is 0 Å². The minimum absolute atomic E-state index is 0.0359. The van der Waals surface area contributed by atoms with Gasteiger partial charge in [0, 0.05) is 30.6 Å². The molecule has 0 saturated heterocycles. The Labute approximate surface area is 145 Å². The van der Waals surface area contributed by atoms with Gasteiger partial charge in [0.2, 0.25) is 0 Å². The molecule has 0 spiro atoms. The van der Waals surface area contributed by atoms with Crippen LogP contribution in [0.1, 0.15) is 24.0 Å². The van der Waals surface area contributed by atoms with E-state index in [1.54, 1.807) is 23.3 Å². The van der Waals surface area contributed by atoms with Crippen LogP contribution in [0.4, 0.5) is 10.5 Å². The topological polar surface area (TPSA) is 101 Å². The molecule has 0 saturated carbocycles. The first kappa shape index (κ1) is 16.7. The SMILES string of the molecule is Cc1cc(C[C@H](C)NC(=O)Nc2cnn(Cc3ccccn3)c2)n[nH]1. The smallest absolute Gasteiger partial charge is 0.319 e. The van der Waals surface area contributed by atoms with E-state index >= 15 is 0 Å². The molecule has 0 bridgehead atoms. The van der Waals surface area contributed by atoms with Crippen molar-refractivity contribution in [1.82, 2.24) is 30.3 Å². The summed E-state index contributed by atoms with van der Waals surface area (Å²) in [5.41, 5.74) is 3.47.